The van der Waals surface area contributed by atoms with Crippen molar-refractivity contribution in [2.24, 2.45) is 5.92 Å². The van der Waals surface area contributed by atoms with Crippen LogP contribution in [-0.2, 0) is 0 Å². The third-order valence-electron chi connectivity index (χ3n) is 2.23. The van der Waals surface area contributed by atoms with Crippen LogP contribution in [0.4, 0.5) is 5.82 Å². The smallest absolute Gasteiger partial charge is 0.129 e. The van der Waals surface area contributed by atoms with Gasteiger partial charge < -0.3 is 5.32 Å². The number of nitrogens with one attached hydrogen (secondary N) is 1. The fourth-order valence-corrected chi connectivity index (χ4v) is 1.53. The average Bonchev–Trinajstić information content (AvgIpc) is 2.10. The summed E-state index contributed by atoms with van der Waals surface area (Å²) in [5.41, 5.74) is 1.02. The highest BCUT2D eigenvalue weighted by Gasteiger charge is 1.98. The molecule has 0 aliphatic rings. The number of anilines is 1. The topological polar surface area (TPSA) is 37.8 Å². The van der Waals surface area contributed by atoms with E-state index in [0.717, 1.165) is 29.8 Å². The highest BCUT2D eigenvalue weighted by atomic mass is 15.0. The Hall–Kier alpha value is -1.12. The van der Waals surface area contributed by atoms with E-state index in [4.69, 9.17) is 0 Å². The summed E-state index contributed by atoms with van der Waals surface area (Å²) in [4.78, 5) is 8.57. The van der Waals surface area contributed by atoms with Crippen molar-refractivity contribution in [2.75, 3.05) is 11.9 Å². The van der Waals surface area contributed by atoms with E-state index in [1.165, 1.54) is 12.8 Å². The van der Waals surface area contributed by atoms with Crippen molar-refractivity contribution in [1.82, 2.24) is 9.97 Å². The molecule has 0 aliphatic carbocycles. The molecule has 1 rings (SSSR count). The van der Waals surface area contributed by atoms with Crippen LogP contribution >= 0.6 is 0 Å². The van der Waals surface area contributed by atoms with Gasteiger partial charge in [-0.3, -0.25) is 0 Å². The van der Waals surface area contributed by atoms with Gasteiger partial charge in [0.1, 0.15) is 11.6 Å². The molecule has 0 bridgehead atoms. The van der Waals surface area contributed by atoms with E-state index in [1.54, 1.807) is 0 Å². The SMILES string of the molecule is Cc1cc(NCCCC(C)C)nc(C)n1. The second-order valence-electron chi connectivity index (χ2n) is 4.40. The fourth-order valence-electron chi connectivity index (χ4n) is 1.53. The summed E-state index contributed by atoms with van der Waals surface area (Å²) >= 11 is 0. The molecular weight excluding hydrogens is 186 g/mol. The van der Waals surface area contributed by atoms with Gasteiger partial charge in [0.25, 0.3) is 0 Å². The quantitative estimate of drug-likeness (QED) is 0.754. The number of aryl methyl sites for hydroxylation is 2. The van der Waals surface area contributed by atoms with Crippen LogP contribution in [0, 0.1) is 19.8 Å². The molecule has 15 heavy (non-hydrogen) atoms. The Bertz CT molecular complexity index is 287. The molecule has 0 atom stereocenters. The summed E-state index contributed by atoms with van der Waals surface area (Å²) in [5, 5.41) is 3.33. The van der Waals surface area contributed by atoms with Gasteiger partial charge in [0.2, 0.25) is 0 Å². The highest BCUT2D eigenvalue weighted by molar-refractivity contribution is 5.35. The van der Waals surface area contributed by atoms with Gasteiger partial charge in [-0.1, -0.05) is 13.8 Å². The molecule has 1 N–H and O–H groups in total. The van der Waals surface area contributed by atoms with E-state index in [1.807, 2.05) is 19.9 Å². The lowest BCUT2D eigenvalue weighted by Gasteiger charge is -2.08. The third kappa shape index (κ3) is 4.77. The van der Waals surface area contributed by atoms with Gasteiger partial charge in [0.05, 0.1) is 0 Å². The molecule has 84 valence electrons. The first-order chi connectivity index (χ1) is 7.08. The third-order valence-corrected chi connectivity index (χ3v) is 2.23. The van der Waals surface area contributed by atoms with Crippen molar-refractivity contribution < 1.29 is 0 Å². The van der Waals surface area contributed by atoms with E-state index in [9.17, 15) is 0 Å². The van der Waals surface area contributed by atoms with E-state index in [0.29, 0.717) is 0 Å². The molecule has 0 saturated carbocycles. The standard InChI is InChI=1S/C12H21N3/c1-9(2)6-5-7-13-12-8-10(3)14-11(4)15-12/h8-9H,5-7H2,1-4H3,(H,13,14,15). The molecule has 0 saturated heterocycles. The zero-order valence-corrected chi connectivity index (χ0v) is 10.2. The molecule has 0 spiro atoms. The summed E-state index contributed by atoms with van der Waals surface area (Å²) < 4.78 is 0. The average molecular weight is 207 g/mol. The van der Waals surface area contributed by atoms with Crippen molar-refractivity contribution in [3.63, 3.8) is 0 Å². The normalized spacial score (nSPS) is 10.7. The van der Waals surface area contributed by atoms with E-state index < -0.39 is 0 Å². The van der Waals surface area contributed by atoms with Crippen molar-refractivity contribution in [1.29, 1.82) is 0 Å². The van der Waals surface area contributed by atoms with Gasteiger partial charge in [0.15, 0.2) is 0 Å². The van der Waals surface area contributed by atoms with Crippen LogP contribution in [0.1, 0.15) is 38.2 Å². The molecule has 3 heteroatoms. The Morgan fingerprint density at radius 2 is 2.00 bits per heavy atom. The summed E-state index contributed by atoms with van der Waals surface area (Å²) in [5.74, 6) is 2.56. The maximum absolute atomic E-state index is 4.33. The van der Waals surface area contributed by atoms with Gasteiger partial charge in [-0.25, -0.2) is 9.97 Å². The number of rotatable bonds is 5. The lowest BCUT2D eigenvalue weighted by Crippen LogP contribution is -2.06. The van der Waals surface area contributed by atoms with Crippen LogP contribution in [0.5, 0.6) is 0 Å². The minimum Gasteiger partial charge on any atom is -0.370 e. The Morgan fingerprint density at radius 3 is 2.60 bits per heavy atom. The largest absolute Gasteiger partial charge is 0.370 e. The second-order valence-corrected chi connectivity index (χ2v) is 4.40. The van der Waals surface area contributed by atoms with E-state index in [-0.39, 0.29) is 0 Å². The lowest BCUT2D eigenvalue weighted by molar-refractivity contribution is 0.566. The van der Waals surface area contributed by atoms with Crippen LogP contribution in [0.3, 0.4) is 0 Å². The predicted molar refractivity (Wildman–Crippen MR) is 64.1 cm³/mol. The Labute approximate surface area is 92.3 Å². The van der Waals surface area contributed by atoms with Gasteiger partial charge in [-0.2, -0.15) is 0 Å². The van der Waals surface area contributed by atoms with Gasteiger partial charge in [-0.05, 0) is 32.6 Å². The molecule has 0 amide bonds. The summed E-state index contributed by atoms with van der Waals surface area (Å²) in [6.45, 7) is 9.41. The van der Waals surface area contributed by atoms with Crippen LogP contribution in [-0.4, -0.2) is 16.5 Å². The molecule has 0 aromatic carbocycles. The molecule has 0 radical (unpaired) electrons. The van der Waals surface area contributed by atoms with Gasteiger partial charge in [0, 0.05) is 18.3 Å². The van der Waals surface area contributed by atoms with Gasteiger partial charge in [-0.15, -0.1) is 0 Å². The minimum absolute atomic E-state index is 0.778. The molecule has 0 aliphatic heterocycles. The van der Waals surface area contributed by atoms with Crippen molar-refractivity contribution in [3.05, 3.63) is 17.6 Å². The zero-order valence-electron chi connectivity index (χ0n) is 10.2. The van der Waals surface area contributed by atoms with Crippen LogP contribution in [0.15, 0.2) is 6.07 Å². The molecule has 3 nitrogen and oxygen atoms in total. The highest BCUT2D eigenvalue weighted by Crippen LogP contribution is 2.07. The Balaban J connectivity index is 2.37. The van der Waals surface area contributed by atoms with Crippen molar-refractivity contribution >= 4 is 5.82 Å². The minimum atomic E-state index is 0.778. The molecule has 1 aromatic heterocycles. The molecule has 1 aromatic rings. The fraction of sp³-hybridized carbons (Fsp3) is 0.667. The van der Waals surface area contributed by atoms with Gasteiger partial charge >= 0.3 is 0 Å². The monoisotopic (exact) mass is 207 g/mol. The second kappa shape index (κ2) is 5.69. The van der Waals surface area contributed by atoms with Crippen molar-refractivity contribution in [3.8, 4) is 0 Å². The Morgan fingerprint density at radius 1 is 1.27 bits per heavy atom. The maximum Gasteiger partial charge on any atom is 0.129 e. The first kappa shape index (κ1) is 12.0. The molecular formula is C12H21N3. The van der Waals surface area contributed by atoms with Crippen LogP contribution in [0.2, 0.25) is 0 Å². The first-order valence-corrected chi connectivity index (χ1v) is 5.64. The molecule has 1 heterocycles. The summed E-state index contributed by atoms with van der Waals surface area (Å²) in [6.07, 6.45) is 2.45. The first-order valence-electron chi connectivity index (χ1n) is 5.64. The predicted octanol–water partition coefficient (Wildman–Crippen LogP) is 2.94. The van der Waals surface area contributed by atoms with E-state index >= 15 is 0 Å². The van der Waals surface area contributed by atoms with Crippen molar-refractivity contribution in [2.45, 2.75) is 40.5 Å². The van der Waals surface area contributed by atoms with Crippen LogP contribution < -0.4 is 5.32 Å². The Kier molecular flexibility index (Phi) is 4.53. The van der Waals surface area contributed by atoms with Crippen LogP contribution in [0.25, 0.3) is 0 Å². The number of hydrogen-bond donors (Lipinski definition) is 1. The molecule has 0 fully saturated rings. The lowest BCUT2D eigenvalue weighted by atomic mass is 10.1. The zero-order chi connectivity index (χ0) is 11.3. The number of aromatic nitrogens is 2. The summed E-state index contributed by atoms with van der Waals surface area (Å²) in [6, 6.07) is 1.99. The molecule has 0 unspecified atom stereocenters. The van der Waals surface area contributed by atoms with E-state index in [2.05, 4.69) is 29.1 Å². The number of hydrogen-bond acceptors (Lipinski definition) is 3. The number of nitrogens with zero attached hydrogens (tertiary/aromatic N) is 2. The maximum atomic E-state index is 4.33. The summed E-state index contributed by atoms with van der Waals surface area (Å²) in [7, 11) is 0.